The Morgan fingerprint density at radius 3 is 2.47 bits per heavy atom. The smallest absolute Gasteiger partial charge is 0.172 e. The van der Waals surface area contributed by atoms with Crippen molar-refractivity contribution in [3.8, 4) is 11.3 Å². The summed E-state index contributed by atoms with van der Waals surface area (Å²) in [6.07, 6.45) is 9.12. The van der Waals surface area contributed by atoms with Crippen LogP contribution >= 0.6 is 0 Å². The van der Waals surface area contributed by atoms with Gasteiger partial charge in [-0.05, 0) is 18.9 Å². The molecule has 0 amide bonds. The topological polar surface area (TPSA) is 57.0 Å². The molecule has 0 unspecified atom stereocenters. The Morgan fingerprint density at radius 2 is 1.81 bits per heavy atom. The van der Waals surface area contributed by atoms with Gasteiger partial charge in [-0.3, -0.25) is 4.79 Å². The van der Waals surface area contributed by atoms with Crippen LogP contribution in [0.3, 0.4) is 0 Å². The van der Waals surface area contributed by atoms with E-state index in [4.69, 9.17) is 14.7 Å². The zero-order valence-electron chi connectivity index (χ0n) is 23.3. The maximum Gasteiger partial charge on any atom is 0.172 e. The first-order chi connectivity index (χ1) is 16.9. The molecule has 1 fully saturated rings. The number of ether oxygens (including phenoxy) is 1. The van der Waals surface area contributed by atoms with Crippen molar-refractivity contribution >= 4 is 38.3 Å². The van der Waals surface area contributed by atoms with Crippen LogP contribution in [0.1, 0.15) is 49.4 Å². The summed E-state index contributed by atoms with van der Waals surface area (Å²) in [5.41, 5.74) is 3.69. The van der Waals surface area contributed by atoms with Crippen molar-refractivity contribution in [2.45, 2.75) is 91.1 Å². The molecule has 7 heteroatoms. The van der Waals surface area contributed by atoms with Crippen molar-refractivity contribution in [2.24, 2.45) is 5.41 Å². The predicted molar refractivity (Wildman–Crippen MR) is 156 cm³/mol. The Hall–Kier alpha value is -2.10. The van der Waals surface area contributed by atoms with E-state index in [9.17, 15) is 4.79 Å². The number of aromatic nitrogens is 3. The van der Waals surface area contributed by atoms with Crippen LogP contribution in [0, 0.1) is 5.41 Å². The molecule has 1 aromatic carbocycles. The van der Waals surface area contributed by atoms with Crippen molar-refractivity contribution in [2.75, 3.05) is 6.61 Å². The van der Waals surface area contributed by atoms with Crippen LogP contribution in [0.2, 0.25) is 45.3 Å². The molecule has 3 aromatic rings. The molecule has 5 nitrogen and oxygen atoms in total. The number of nitrogens with zero attached hydrogens (tertiary/aromatic N) is 3. The monoisotopic (exact) mass is 521 g/mol. The lowest BCUT2D eigenvalue weighted by molar-refractivity contribution is 0.0747. The number of fused-ring (bicyclic) bond motifs is 1. The standard InChI is InChI=1S/C29H43N3O2Si2/c1-29(14-9-8-10-15-29)27(33)24-20-32(21-34-16-17-35(2,3)4)28-26(24)31-25(19-30-28)22-12-11-13-23(18-22)36(5,6)7/h11-13,18-20H,8-10,14-17,21H2,1-7H3. The van der Waals surface area contributed by atoms with Gasteiger partial charge in [0.1, 0.15) is 12.2 Å². The zero-order valence-corrected chi connectivity index (χ0v) is 25.3. The molecule has 0 radical (unpaired) electrons. The van der Waals surface area contributed by atoms with Crippen molar-refractivity contribution in [3.63, 3.8) is 0 Å². The number of carbonyl (C=O) groups excluding carboxylic acids is 1. The van der Waals surface area contributed by atoms with E-state index in [2.05, 4.69) is 70.5 Å². The van der Waals surface area contributed by atoms with E-state index in [0.717, 1.165) is 55.2 Å². The van der Waals surface area contributed by atoms with Crippen molar-refractivity contribution < 1.29 is 9.53 Å². The van der Waals surface area contributed by atoms with Gasteiger partial charge in [-0.2, -0.15) is 0 Å². The summed E-state index contributed by atoms with van der Waals surface area (Å²) in [6, 6.07) is 9.79. The Bertz CT molecular complexity index is 1230. The highest BCUT2D eigenvalue weighted by Gasteiger charge is 2.37. The summed E-state index contributed by atoms with van der Waals surface area (Å²) in [5.74, 6) is 0.204. The van der Waals surface area contributed by atoms with Crippen molar-refractivity contribution in [1.82, 2.24) is 14.5 Å². The molecule has 36 heavy (non-hydrogen) atoms. The van der Waals surface area contributed by atoms with Crippen LogP contribution in [-0.2, 0) is 11.5 Å². The van der Waals surface area contributed by atoms with Crippen LogP contribution in [0.4, 0.5) is 0 Å². The van der Waals surface area contributed by atoms with Gasteiger partial charge in [0.25, 0.3) is 0 Å². The molecule has 0 spiro atoms. The van der Waals surface area contributed by atoms with E-state index in [1.54, 1.807) is 0 Å². The SMILES string of the molecule is CC1(C(=O)c2cn(COCC[Si](C)(C)C)c3ncc(-c4cccc([Si](C)(C)C)c4)nc23)CCCCC1. The third-order valence-corrected chi connectivity index (χ3v) is 11.3. The van der Waals surface area contributed by atoms with Gasteiger partial charge in [-0.25, -0.2) is 9.97 Å². The number of hydrogen-bond acceptors (Lipinski definition) is 4. The van der Waals surface area contributed by atoms with Gasteiger partial charge >= 0.3 is 0 Å². The highest BCUT2D eigenvalue weighted by molar-refractivity contribution is 6.88. The minimum Gasteiger partial charge on any atom is -0.361 e. The minimum absolute atomic E-state index is 0.204. The third kappa shape index (κ3) is 6.06. The summed E-state index contributed by atoms with van der Waals surface area (Å²) in [6.45, 7) is 17.4. The molecular weight excluding hydrogens is 479 g/mol. The normalized spacial score (nSPS) is 16.4. The molecule has 4 rings (SSSR count). The number of hydrogen-bond donors (Lipinski definition) is 0. The van der Waals surface area contributed by atoms with E-state index in [-0.39, 0.29) is 11.2 Å². The number of ketones is 1. The van der Waals surface area contributed by atoms with E-state index < -0.39 is 16.1 Å². The van der Waals surface area contributed by atoms with Gasteiger partial charge in [0.05, 0.1) is 25.5 Å². The second kappa shape index (κ2) is 10.3. The molecule has 1 saturated carbocycles. The Labute approximate surface area is 218 Å². The van der Waals surface area contributed by atoms with E-state index in [0.29, 0.717) is 17.8 Å². The second-order valence-electron chi connectivity index (χ2n) is 13.1. The number of Topliss-reactive ketones (excluding diaryl/α,β-unsaturated/α-hetero) is 1. The molecule has 1 aliphatic rings. The second-order valence-corrected chi connectivity index (χ2v) is 23.8. The summed E-state index contributed by atoms with van der Waals surface area (Å²) < 4.78 is 8.04. The minimum atomic E-state index is -1.46. The molecule has 0 aliphatic heterocycles. The van der Waals surface area contributed by atoms with E-state index in [1.807, 2.05) is 17.0 Å². The Balaban J connectivity index is 1.74. The first-order valence-electron chi connectivity index (χ1n) is 13.5. The molecule has 194 valence electrons. The fraction of sp³-hybridized carbons (Fsp3) is 0.552. The maximum absolute atomic E-state index is 13.9. The largest absolute Gasteiger partial charge is 0.361 e. The van der Waals surface area contributed by atoms with Gasteiger partial charge in [0.15, 0.2) is 11.4 Å². The third-order valence-electron chi connectivity index (χ3n) is 7.57. The quantitative estimate of drug-likeness (QED) is 0.171. The zero-order chi connectivity index (χ0) is 26.1. The van der Waals surface area contributed by atoms with Gasteiger partial charge < -0.3 is 9.30 Å². The van der Waals surface area contributed by atoms with Crippen LogP contribution in [0.25, 0.3) is 22.4 Å². The highest BCUT2D eigenvalue weighted by Crippen LogP contribution is 2.40. The maximum atomic E-state index is 13.9. The van der Waals surface area contributed by atoms with Gasteiger partial charge in [0.2, 0.25) is 0 Å². The molecule has 0 bridgehead atoms. The van der Waals surface area contributed by atoms with Gasteiger partial charge in [0, 0.05) is 31.9 Å². The fourth-order valence-corrected chi connectivity index (χ4v) is 6.97. The van der Waals surface area contributed by atoms with Gasteiger partial charge in [-0.1, -0.05) is 94.9 Å². The van der Waals surface area contributed by atoms with E-state index in [1.165, 1.54) is 11.6 Å². The van der Waals surface area contributed by atoms with Crippen LogP contribution < -0.4 is 5.19 Å². The number of rotatable bonds is 9. The van der Waals surface area contributed by atoms with Crippen LogP contribution in [-0.4, -0.2) is 43.1 Å². The Kier molecular flexibility index (Phi) is 7.74. The number of benzene rings is 1. The molecule has 0 atom stereocenters. The summed E-state index contributed by atoms with van der Waals surface area (Å²) in [7, 11) is -2.63. The Morgan fingerprint density at radius 1 is 1.08 bits per heavy atom. The number of carbonyl (C=O) groups is 1. The highest BCUT2D eigenvalue weighted by atomic mass is 28.3. The lowest BCUT2D eigenvalue weighted by atomic mass is 9.71. The van der Waals surface area contributed by atoms with Crippen molar-refractivity contribution in [1.29, 1.82) is 0 Å². The lowest BCUT2D eigenvalue weighted by Crippen LogP contribution is -2.37. The van der Waals surface area contributed by atoms with Crippen molar-refractivity contribution in [3.05, 3.63) is 42.2 Å². The van der Waals surface area contributed by atoms with Crippen LogP contribution in [0.5, 0.6) is 0 Å². The summed E-state index contributed by atoms with van der Waals surface area (Å²) in [5, 5.41) is 1.39. The lowest BCUT2D eigenvalue weighted by Gasteiger charge is -2.31. The van der Waals surface area contributed by atoms with Gasteiger partial charge in [-0.15, -0.1) is 0 Å². The molecule has 0 saturated heterocycles. The average molecular weight is 522 g/mol. The summed E-state index contributed by atoms with van der Waals surface area (Å²) >= 11 is 0. The molecule has 2 aromatic heterocycles. The molecule has 1 aliphatic carbocycles. The fourth-order valence-electron chi connectivity index (χ4n) is 5.03. The molecule has 2 heterocycles. The first kappa shape index (κ1) is 27.0. The van der Waals surface area contributed by atoms with E-state index >= 15 is 0 Å². The summed E-state index contributed by atoms with van der Waals surface area (Å²) in [4.78, 5) is 23.8. The predicted octanol–water partition coefficient (Wildman–Crippen LogP) is 7.11. The first-order valence-corrected chi connectivity index (χ1v) is 20.7. The molecule has 0 N–H and O–H groups in total. The van der Waals surface area contributed by atoms with Crippen LogP contribution in [0.15, 0.2) is 36.7 Å². The average Bonchev–Trinajstić information content (AvgIpc) is 3.18. The molecular formula is C29H43N3O2Si2.